The molecule has 1 amide bonds. The molecule has 0 unspecified atom stereocenters. The number of nitrogens with one attached hydrogen (secondary N) is 1. The standard InChI is InChI=1S/C21H31NO5/c1-6-26-18-11-10-16(12-19(18)25-5)21(24)27-15(4)20(23)22-17-9-7-8-13(2)14(17)3/h10-15,17H,6-9H2,1-5H3,(H,22,23)/t13-,14-,15+,17+/m0/s1. The lowest BCUT2D eigenvalue weighted by molar-refractivity contribution is -0.130. The number of carbonyl (C=O) groups excluding carboxylic acids is 2. The van der Waals surface area contributed by atoms with Crippen LogP contribution < -0.4 is 14.8 Å². The highest BCUT2D eigenvalue weighted by Gasteiger charge is 2.30. The van der Waals surface area contributed by atoms with E-state index >= 15 is 0 Å². The third-order valence-corrected chi connectivity index (χ3v) is 5.39. The summed E-state index contributed by atoms with van der Waals surface area (Å²) in [4.78, 5) is 24.9. The third-order valence-electron chi connectivity index (χ3n) is 5.39. The molecule has 0 heterocycles. The normalized spacial score (nSPS) is 23.2. The molecule has 0 spiro atoms. The van der Waals surface area contributed by atoms with Crippen LogP contribution in [-0.4, -0.2) is 37.7 Å². The molecule has 1 aliphatic carbocycles. The molecular weight excluding hydrogens is 346 g/mol. The molecule has 0 aromatic heterocycles. The minimum absolute atomic E-state index is 0.132. The van der Waals surface area contributed by atoms with Crippen molar-refractivity contribution < 1.29 is 23.8 Å². The van der Waals surface area contributed by atoms with Gasteiger partial charge in [-0.15, -0.1) is 0 Å². The molecule has 0 bridgehead atoms. The lowest BCUT2D eigenvalue weighted by Gasteiger charge is -2.35. The van der Waals surface area contributed by atoms with Crippen LogP contribution in [0.25, 0.3) is 0 Å². The van der Waals surface area contributed by atoms with Gasteiger partial charge in [-0.05, 0) is 50.3 Å². The van der Waals surface area contributed by atoms with E-state index < -0.39 is 12.1 Å². The third kappa shape index (κ3) is 5.37. The molecule has 1 N–H and O–H groups in total. The van der Waals surface area contributed by atoms with E-state index in [2.05, 4.69) is 19.2 Å². The van der Waals surface area contributed by atoms with Crippen molar-refractivity contribution >= 4 is 11.9 Å². The van der Waals surface area contributed by atoms with Crippen LogP contribution in [0.15, 0.2) is 18.2 Å². The van der Waals surface area contributed by atoms with Crippen LogP contribution >= 0.6 is 0 Å². The molecule has 6 heteroatoms. The molecular formula is C21H31NO5. The second-order valence-electron chi connectivity index (χ2n) is 7.23. The van der Waals surface area contributed by atoms with Gasteiger partial charge < -0.3 is 19.5 Å². The van der Waals surface area contributed by atoms with Crippen LogP contribution in [0.3, 0.4) is 0 Å². The molecule has 27 heavy (non-hydrogen) atoms. The summed E-state index contributed by atoms with van der Waals surface area (Å²) in [5.41, 5.74) is 0.314. The van der Waals surface area contributed by atoms with Gasteiger partial charge in [0.05, 0.1) is 19.3 Å². The Bertz CT molecular complexity index is 660. The molecule has 0 saturated heterocycles. The smallest absolute Gasteiger partial charge is 0.339 e. The number of rotatable bonds is 7. The number of ether oxygens (including phenoxy) is 3. The van der Waals surface area contributed by atoms with Crippen molar-refractivity contribution in [2.45, 2.75) is 59.1 Å². The van der Waals surface area contributed by atoms with Crippen LogP contribution in [0.2, 0.25) is 0 Å². The molecule has 0 radical (unpaired) electrons. The average Bonchev–Trinajstić information content (AvgIpc) is 2.65. The molecule has 6 nitrogen and oxygen atoms in total. The zero-order valence-electron chi connectivity index (χ0n) is 16.9. The highest BCUT2D eigenvalue weighted by atomic mass is 16.5. The number of benzene rings is 1. The van der Waals surface area contributed by atoms with Gasteiger partial charge in [-0.2, -0.15) is 0 Å². The Labute approximate surface area is 161 Å². The number of carbonyl (C=O) groups is 2. The summed E-state index contributed by atoms with van der Waals surface area (Å²) in [6.07, 6.45) is 2.40. The van der Waals surface area contributed by atoms with Crippen LogP contribution in [0.1, 0.15) is 57.3 Å². The summed E-state index contributed by atoms with van der Waals surface area (Å²) >= 11 is 0. The first-order chi connectivity index (χ1) is 12.9. The molecule has 2 rings (SSSR count). The van der Waals surface area contributed by atoms with Crippen LogP contribution in [0.5, 0.6) is 11.5 Å². The van der Waals surface area contributed by atoms with Crippen molar-refractivity contribution in [3.63, 3.8) is 0 Å². The molecule has 150 valence electrons. The second kappa shape index (κ2) is 9.62. The number of esters is 1. The summed E-state index contributed by atoms with van der Waals surface area (Å²) in [7, 11) is 1.51. The van der Waals surface area contributed by atoms with Gasteiger partial charge in [0, 0.05) is 6.04 Å². The van der Waals surface area contributed by atoms with E-state index in [-0.39, 0.29) is 11.9 Å². The monoisotopic (exact) mass is 377 g/mol. The Balaban J connectivity index is 1.97. The predicted molar refractivity (Wildman–Crippen MR) is 103 cm³/mol. The van der Waals surface area contributed by atoms with Gasteiger partial charge in [0.15, 0.2) is 17.6 Å². The maximum absolute atomic E-state index is 12.5. The Morgan fingerprint density at radius 1 is 1.22 bits per heavy atom. The van der Waals surface area contributed by atoms with Gasteiger partial charge in [-0.1, -0.05) is 26.7 Å². The number of amides is 1. The topological polar surface area (TPSA) is 73.9 Å². The first-order valence-corrected chi connectivity index (χ1v) is 9.69. The van der Waals surface area contributed by atoms with Crippen molar-refractivity contribution in [1.29, 1.82) is 0 Å². The zero-order valence-corrected chi connectivity index (χ0v) is 16.9. The number of hydrogen-bond donors (Lipinski definition) is 1. The van der Waals surface area contributed by atoms with E-state index in [9.17, 15) is 9.59 Å². The largest absolute Gasteiger partial charge is 0.493 e. The van der Waals surface area contributed by atoms with Crippen LogP contribution in [0.4, 0.5) is 0 Å². The molecule has 1 saturated carbocycles. The summed E-state index contributed by atoms with van der Waals surface area (Å²) in [5.74, 6) is 1.19. The molecule has 1 aromatic carbocycles. The fraction of sp³-hybridized carbons (Fsp3) is 0.619. The minimum atomic E-state index is -0.862. The summed E-state index contributed by atoms with van der Waals surface area (Å²) < 4.78 is 16.0. The predicted octanol–water partition coefficient (Wildman–Crippen LogP) is 3.58. The molecule has 1 aliphatic rings. The number of methoxy groups -OCH3 is 1. The molecule has 4 atom stereocenters. The van der Waals surface area contributed by atoms with E-state index in [0.717, 1.165) is 12.8 Å². The van der Waals surface area contributed by atoms with E-state index in [0.29, 0.717) is 35.5 Å². The summed E-state index contributed by atoms with van der Waals surface area (Å²) in [6, 6.07) is 4.95. The van der Waals surface area contributed by atoms with Crippen molar-refractivity contribution in [1.82, 2.24) is 5.32 Å². The maximum atomic E-state index is 12.5. The Morgan fingerprint density at radius 3 is 2.63 bits per heavy atom. The summed E-state index contributed by atoms with van der Waals surface area (Å²) in [5, 5.41) is 3.04. The Kier molecular flexibility index (Phi) is 7.51. The van der Waals surface area contributed by atoms with Gasteiger partial charge in [0.1, 0.15) is 0 Å². The molecule has 1 fully saturated rings. The maximum Gasteiger partial charge on any atom is 0.339 e. The van der Waals surface area contributed by atoms with Crippen molar-refractivity contribution in [2.75, 3.05) is 13.7 Å². The van der Waals surface area contributed by atoms with Crippen molar-refractivity contribution in [3.05, 3.63) is 23.8 Å². The molecule has 1 aromatic rings. The van der Waals surface area contributed by atoms with Gasteiger partial charge in [-0.25, -0.2) is 4.79 Å². The van der Waals surface area contributed by atoms with Gasteiger partial charge >= 0.3 is 5.97 Å². The lowest BCUT2D eigenvalue weighted by atomic mass is 9.78. The SMILES string of the molecule is CCOc1ccc(C(=O)O[C@H](C)C(=O)N[C@@H]2CCC[C@H](C)[C@@H]2C)cc1OC. The van der Waals surface area contributed by atoms with E-state index in [1.807, 2.05) is 6.92 Å². The van der Waals surface area contributed by atoms with Crippen LogP contribution in [-0.2, 0) is 9.53 Å². The lowest BCUT2D eigenvalue weighted by Crippen LogP contribution is -2.47. The van der Waals surface area contributed by atoms with Gasteiger partial charge in [0.25, 0.3) is 5.91 Å². The molecule has 0 aliphatic heterocycles. The van der Waals surface area contributed by atoms with E-state index in [4.69, 9.17) is 14.2 Å². The Hall–Kier alpha value is -2.24. The first kappa shape index (κ1) is 21.1. The highest BCUT2D eigenvalue weighted by molar-refractivity contribution is 5.92. The summed E-state index contributed by atoms with van der Waals surface area (Å²) in [6.45, 7) is 8.34. The van der Waals surface area contributed by atoms with E-state index in [1.165, 1.54) is 13.5 Å². The highest BCUT2D eigenvalue weighted by Crippen LogP contribution is 2.30. The minimum Gasteiger partial charge on any atom is -0.493 e. The first-order valence-electron chi connectivity index (χ1n) is 9.69. The fourth-order valence-electron chi connectivity index (χ4n) is 3.44. The Morgan fingerprint density at radius 2 is 1.96 bits per heavy atom. The zero-order chi connectivity index (χ0) is 20.0. The van der Waals surface area contributed by atoms with Crippen LogP contribution in [0, 0.1) is 11.8 Å². The average molecular weight is 377 g/mol. The van der Waals surface area contributed by atoms with E-state index in [1.54, 1.807) is 25.1 Å². The van der Waals surface area contributed by atoms with Crippen molar-refractivity contribution in [3.8, 4) is 11.5 Å². The van der Waals surface area contributed by atoms with Gasteiger partial charge in [0.2, 0.25) is 0 Å². The van der Waals surface area contributed by atoms with Crippen molar-refractivity contribution in [2.24, 2.45) is 11.8 Å². The van der Waals surface area contributed by atoms with Gasteiger partial charge in [-0.3, -0.25) is 4.79 Å². The second-order valence-corrected chi connectivity index (χ2v) is 7.23. The quantitative estimate of drug-likeness (QED) is 0.735. The fourth-order valence-corrected chi connectivity index (χ4v) is 3.44. The number of hydrogen-bond acceptors (Lipinski definition) is 5.